The van der Waals surface area contributed by atoms with Crippen LogP contribution in [-0.2, 0) is 0 Å². The highest BCUT2D eigenvalue weighted by Crippen LogP contribution is 2.38. The van der Waals surface area contributed by atoms with Crippen molar-refractivity contribution in [2.75, 3.05) is 20.1 Å². The zero-order valence-electron chi connectivity index (χ0n) is 9.98. The van der Waals surface area contributed by atoms with E-state index >= 15 is 0 Å². The Morgan fingerprint density at radius 3 is 2.44 bits per heavy atom. The van der Waals surface area contributed by atoms with Gasteiger partial charge in [-0.3, -0.25) is 4.90 Å². The molecule has 0 saturated heterocycles. The van der Waals surface area contributed by atoms with E-state index in [9.17, 15) is 13.2 Å². The fourth-order valence-corrected chi connectivity index (χ4v) is 2.85. The Kier molecular flexibility index (Phi) is 4.23. The lowest BCUT2D eigenvalue weighted by atomic mass is 9.72. The van der Waals surface area contributed by atoms with Crippen LogP contribution in [0.15, 0.2) is 0 Å². The van der Waals surface area contributed by atoms with Gasteiger partial charge in [0.15, 0.2) is 0 Å². The molecule has 1 rings (SSSR count). The maximum absolute atomic E-state index is 12.4. The summed E-state index contributed by atoms with van der Waals surface area (Å²) in [6.07, 6.45) is -0.322. The fourth-order valence-electron chi connectivity index (χ4n) is 2.85. The predicted molar refractivity (Wildman–Crippen MR) is 58.1 cm³/mol. The molecule has 1 aliphatic rings. The molecule has 0 bridgehead atoms. The molecule has 2 N–H and O–H groups in total. The summed E-state index contributed by atoms with van der Waals surface area (Å²) in [6, 6.07) is 0. The minimum absolute atomic E-state index is 0.235. The minimum Gasteiger partial charge on any atom is -0.329 e. The van der Waals surface area contributed by atoms with E-state index < -0.39 is 18.3 Å². The molecule has 1 fully saturated rings. The van der Waals surface area contributed by atoms with E-state index in [1.165, 1.54) is 4.90 Å². The smallest absolute Gasteiger partial charge is 0.329 e. The summed E-state index contributed by atoms with van der Waals surface area (Å²) in [5.41, 5.74) is 5.27. The third kappa shape index (κ3) is 2.88. The van der Waals surface area contributed by atoms with E-state index in [0.29, 0.717) is 6.54 Å². The van der Waals surface area contributed by atoms with E-state index in [2.05, 4.69) is 0 Å². The first-order valence-corrected chi connectivity index (χ1v) is 5.80. The Morgan fingerprint density at radius 2 is 2.00 bits per heavy atom. The number of likely N-dealkylation sites (N-methyl/N-ethyl adjacent to an activating group) is 1. The molecule has 0 aromatic rings. The number of halogens is 3. The van der Waals surface area contributed by atoms with Crippen LogP contribution >= 0.6 is 0 Å². The summed E-state index contributed by atoms with van der Waals surface area (Å²) < 4.78 is 37.2. The molecule has 0 radical (unpaired) electrons. The highest BCUT2D eigenvalue weighted by atomic mass is 19.4. The second kappa shape index (κ2) is 4.92. The van der Waals surface area contributed by atoms with Gasteiger partial charge in [-0.1, -0.05) is 19.8 Å². The fraction of sp³-hybridized carbons (Fsp3) is 1.00. The molecule has 16 heavy (non-hydrogen) atoms. The summed E-state index contributed by atoms with van der Waals surface area (Å²) in [6.45, 7) is 1.45. The zero-order chi connectivity index (χ0) is 12.4. The van der Waals surface area contributed by atoms with Gasteiger partial charge in [0, 0.05) is 12.1 Å². The summed E-state index contributed by atoms with van der Waals surface area (Å²) in [5.74, 6) is 0.235. The molecular formula is C11H21F3N2. The van der Waals surface area contributed by atoms with Crippen molar-refractivity contribution in [3.05, 3.63) is 0 Å². The van der Waals surface area contributed by atoms with Crippen LogP contribution < -0.4 is 5.73 Å². The van der Waals surface area contributed by atoms with Gasteiger partial charge in [0.05, 0.1) is 6.54 Å². The summed E-state index contributed by atoms with van der Waals surface area (Å²) in [4.78, 5) is 1.41. The largest absolute Gasteiger partial charge is 0.401 e. The minimum atomic E-state index is -4.14. The number of nitrogens with two attached hydrogens (primary N) is 1. The maximum atomic E-state index is 12.4. The Bertz CT molecular complexity index is 230. The van der Waals surface area contributed by atoms with Crippen molar-refractivity contribution in [1.82, 2.24) is 4.90 Å². The topological polar surface area (TPSA) is 29.3 Å². The molecule has 5 heteroatoms. The average molecular weight is 238 g/mol. The number of alkyl halides is 3. The van der Waals surface area contributed by atoms with Crippen molar-refractivity contribution in [1.29, 1.82) is 0 Å². The molecule has 2 atom stereocenters. The van der Waals surface area contributed by atoms with E-state index in [0.717, 1.165) is 25.7 Å². The van der Waals surface area contributed by atoms with Gasteiger partial charge in [-0.25, -0.2) is 0 Å². The van der Waals surface area contributed by atoms with Gasteiger partial charge >= 0.3 is 6.18 Å². The molecule has 2 nitrogen and oxygen atoms in total. The number of rotatable bonds is 3. The van der Waals surface area contributed by atoms with Gasteiger partial charge in [-0.05, 0) is 25.8 Å². The van der Waals surface area contributed by atoms with Crippen LogP contribution in [-0.4, -0.2) is 36.8 Å². The Labute approximate surface area is 95.0 Å². The molecule has 0 heterocycles. The molecule has 0 aromatic carbocycles. The second-order valence-electron chi connectivity index (χ2n) is 4.93. The van der Waals surface area contributed by atoms with E-state index in [1.54, 1.807) is 7.05 Å². The summed E-state index contributed by atoms with van der Waals surface area (Å²) in [5, 5.41) is 0. The van der Waals surface area contributed by atoms with Crippen LogP contribution in [0, 0.1) is 5.92 Å². The molecule has 0 spiro atoms. The number of hydrogen-bond donors (Lipinski definition) is 1. The van der Waals surface area contributed by atoms with E-state index in [1.807, 2.05) is 6.92 Å². The van der Waals surface area contributed by atoms with Crippen molar-refractivity contribution >= 4 is 0 Å². The Balaban J connectivity index is 2.77. The Hall–Kier alpha value is -0.290. The van der Waals surface area contributed by atoms with Gasteiger partial charge in [-0.15, -0.1) is 0 Å². The third-order valence-electron chi connectivity index (χ3n) is 3.94. The number of nitrogens with zero attached hydrogens (tertiary/aromatic N) is 1. The lowest BCUT2D eigenvalue weighted by molar-refractivity contribution is -0.161. The standard InChI is InChI=1S/C11H21F3N2/c1-9-5-3-4-6-10(9,7-15)16(2)8-11(12,13)14/h9H,3-8,15H2,1-2H3. The maximum Gasteiger partial charge on any atom is 0.401 e. The van der Waals surface area contributed by atoms with Crippen LogP contribution in [0.2, 0.25) is 0 Å². The summed E-state index contributed by atoms with van der Waals surface area (Å²) in [7, 11) is 1.54. The molecular weight excluding hydrogens is 217 g/mol. The molecule has 1 aliphatic carbocycles. The molecule has 96 valence electrons. The normalized spacial score (nSPS) is 32.1. The Morgan fingerprint density at radius 1 is 1.38 bits per heavy atom. The van der Waals surface area contributed by atoms with Gasteiger partial charge in [0.1, 0.15) is 0 Å². The van der Waals surface area contributed by atoms with Crippen molar-refractivity contribution in [3.8, 4) is 0 Å². The zero-order valence-corrected chi connectivity index (χ0v) is 9.98. The van der Waals surface area contributed by atoms with E-state index in [-0.39, 0.29) is 5.92 Å². The van der Waals surface area contributed by atoms with Crippen molar-refractivity contribution in [2.24, 2.45) is 11.7 Å². The van der Waals surface area contributed by atoms with Gasteiger partial charge < -0.3 is 5.73 Å². The predicted octanol–water partition coefficient (Wildman–Crippen LogP) is 2.39. The van der Waals surface area contributed by atoms with Crippen LogP contribution in [0.1, 0.15) is 32.6 Å². The molecule has 2 unspecified atom stereocenters. The summed E-state index contributed by atoms with van der Waals surface area (Å²) >= 11 is 0. The molecule has 0 amide bonds. The highest BCUT2D eigenvalue weighted by molar-refractivity contribution is 4.97. The quantitative estimate of drug-likeness (QED) is 0.818. The van der Waals surface area contributed by atoms with Gasteiger partial charge in [-0.2, -0.15) is 13.2 Å². The lowest BCUT2D eigenvalue weighted by Crippen LogP contribution is -2.59. The van der Waals surface area contributed by atoms with Gasteiger partial charge in [0.25, 0.3) is 0 Å². The number of hydrogen-bond acceptors (Lipinski definition) is 2. The first kappa shape index (κ1) is 13.8. The first-order chi connectivity index (χ1) is 7.32. The average Bonchev–Trinajstić information content (AvgIpc) is 2.16. The highest BCUT2D eigenvalue weighted by Gasteiger charge is 2.44. The van der Waals surface area contributed by atoms with Crippen molar-refractivity contribution in [2.45, 2.75) is 44.3 Å². The van der Waals surface area contributed by atoms with E-state index in [4.69, 9.17) is 5.73 Å². The molecule has 0 aromatic heterocycles. The third-order valence-corrected chi connectivity index (χ3v) is 3.94. The SMILES string of the molecule is CC1CCCCC1(CN)N(C)CC(F)(F)F. The van der Waals surface area contributed by atoms with Gasteiger partial charge in [0.2, 0.25) is 0 Å². The first-order valence-electron chi connectivity index (χ1n) is 5.80. The van der Waals surface area contributed by atoms with Crippen molar-refractivity contribution < 1.29 is 13.2 Å². The molecule has 1 saturated carbocycles. The van der Waals surface area contributed by atoms with Crippen LogP contribution in [0.5, 0.6) is 0 Å². The molecule has 0 aliphatic heterocycles. The van der Waals surface area contributed by atoms with Crippen molar-refractivity contribution in [3.63, 3.8) is 0 Å². The second-order valence-corrected chi connectivity index (χ2v) is 4.93. The lowest BCUT2D eigenvalue weighted by Gasteiger charge is -2.48. The van der Waals surface area contributed by atoms with Crippen LogP contribution in [0.4, 0.5) is 13.2 Å². The monoisotopic (exact) mass is 238 g/mol. The van der Waals surface area contributed by atoms with Crippen LogP contribution in [0.3, 0.4) is 0 Å². The van der Waals surface area contributed by atoms with Crippen LogP contribution in [0.25, 0.3) is 0 Å².